The lowest BCUT2D eigenvalue weighted by Crippen LogP contribution is -2.30. The lowest BCUT2D eigenvalue weighted by atomic mass is 9.89. The Labute approximate surface area is 177 Å². The maximum absolute atomic E-state index is 13.1. The number of carbonyl (C=O) groups is 1. The summed E-state index contributed by atoms with van der Waals surface area (Å²) in [5, 5.41) is -0.518. The van der Waals surface area contributed by atoms with E-state index in [1.54, 1.807) is 0 Å². The number of alkyl halides is 1. The van der Waals surface area contributed by atoms with Crippen LogP contribution < -0.4 is 9.47 Å². The molecule has 0 fully saturated rings. The van der Waals surface area contributed by atoms with E-state index in [-0.39, 0.29) is 18.2 Å². The molecular weight excluding hydrogens is 411 g/mol. The smallest absolute Gasteiger partial charge is 0.183 e. The molecule has 2 atom stereocenters. The third-order valence-electron chi connectivity index (χ3n) is 4.61. The quantitative estimate of drug-likeness (QED) is 0.233. The van der Waals surface area contributed by atoms with Crippen molar-refractivity contribution >= 4 is 25.7 Å². The van der Waals surface area contributed by atoms with Gasteiger partial charge in [0.15, 0.2) is 14.1 Å². The number of Topliss-reactive ketones (excluding diaryl/α,β-unsaturated/α-hetero) is 1. The van der Waals surface area contributed by atoms with Crippen molar-refractivity contribution in [3.8, 4) is 11.5 Å². The van der Waals surface area contributed by atoms with Gasteiger partial charge in [0.2, 0.25) is 0 Å². The molecule has 0 aliphatic carbocycles. The van der Waals surface area contributed by atoms with Crippen LogP contribution in [0.2, 0.25) is 19.6 Å². The minimum absolute atomic E-state index is 0.154. The van der Waals surface area contributed by atoms with E-state index in [1.807, 2.05) is 18.2 Å². The highest BCUT2D eigenvalue weighted by Crippen LogP contribution is 2.42. The molecule has 1 aliphatic heterocycles. The van der Waals surface area contributed by atoms with Crippen LogP contribution in [-0.4, -0.2) is 33.9 Å². The molecule has 4 nitrogen and oxygen atoms in total. The second kappa shape index (κ2) is 9.28. The maximum atomic E-state index is 13.1. The minimum Gasteiger partial charge on any atom is -0.493 e. The predicted molar refractivity (Wildman–Crippen MR) is 114 cm³/mol. The molecule has 1 heterocycles. The Morgan fingerprint density at radius 1 is 1.17 bits per heavy atom. The van der Waals surface area contributed by atoms with E-state index in [1.165, 1.54) is 24.3 Å². The summed E-state index contributed by atoms with van der Waals surface area (Å²) in [5.74, 6) is 0.264. The van der Waals surface area contributed by atoms with Crippen LogP contribution in [0.5, 0.6) is 11.5 Å². The summed E-state index contributed by atoms with van der Waals surface area (Å²) in [7, 11) is -1.49. The molecule has 0 saturated carbocycles. The summed E-state index contributed by atoms with van der Waals surface area (Å²) in [6.07, 6.45) is 0.814. The average molecular weight is 437 g/mol. The molecule has 1 aliphatic rings. The van der Waals surface area contributed by atoms with Gasteiger partial charge in [-0.05, 0) is 50.0 Å². The zero-order valence-corrected chi connectivity index (χ0v) is 18.7. The second-order valence-corrected chi connectivity index (χ2v) is 13.0. The monoisotopic (exact) mass is 436 g/mol. The first kappa shape index (κ1) is 21.8. The van der Waals surface area contributed by atoms with E-state index < -0.39 is 19.6 Å². The van der Waals surface area contributed by atoms with Crippen molar-refractivity contribution in [2.75, 3.05) is 19.8 Å². The van der Waals surface area contributed by atoms with Gasteiger partial charge in [0.25, 0.3) is 0 Å². The van der Waals surface area contributed by atoms with E-state index in [9.17, 15) is 9.18 Å². The summed E-state index contributed by atoms with van der Waals surface area (Å²) in [6, 6.07) is 11.0. The maximum Gasteiger partial charge on any atom is 0.183 e. The first-order valence-electron chi connectivity index (χ1n) is 9.72. The standard InChI is InChI=1S/C22H26ClFO4Si/c1-29(2,3)28-12-4-11-26-17-9-10-18-20(13-17)27-14-19(21(18)23)22(25)15-5-7-16(24)8-6-15/h5-10,13,19,21H,4,11-12,14H2,1-3H3. The Balaban J connectivity index is 1.60. The minimum atomic E-state index is -1.49. The number of halogens is 2. The normalized spacial score (nSPS) is 18.7. The predicted octanol–water partition coefficient (Wildman–Crippen LogP) is 5.62. The van der Waals surface area contributed by atoms with Crippen LogP contribution in [0.25, 0.3) is 0 Å². The molecule has 0 bridgehead atoms. The Morgan fingerprint density at radius 3 is 2.59 bits per heavy atom. The molecule has 0 aromatic heterocycles. The van der Waals surface area contributed by atoms with Crippen LogP contribution >= 0.6 is 11.6 Å². The SMILES string of the molecule is C[Si](C)(C)OCCCOc1ccc2c(c1)OCC(C(=O)c1ccc(F)cc1)C2Cl. The number of ether oxygens (including phenoxy) is 2. The number of fused-ring (bicyclic) bond motifs is 1. The summed E-state index contributed by atoms with van der Waals surface area (Å²) in [6.45, 7) is 7.89. The highest BCUT2D eigenvalue weighted by molar-refractivity contribution is 6.69. The van der Waals surface area contributed by atoms with Gasteiger partial charge >= 0.3 is 0 Å². The van der Waals surface area contributed by atoms with Gasteiger partial charge in [-0.3, -0.25) is 4.79 Å². The van der Waals surface area contributed by atoms with Gasteiger partial charge in [0, 0.05) is 30.2 Å². The Morgan fingerprint density at radius 2 is 1.90 bits per heavy atom. The van der Waals surface area contributed by atoms with Crippen LogP contribution in [0.15, 0.2) is 42.5 Å². The summed E-state index contributed by atoms with van der Waals surface area (Å²) in [5.41, 5.74) is 1.18. The third-order valence-corrected chi connectivity index (χ3v) is 6.22. The number of hydrogen-bond acceptors (Lipinski definition) is 4. The van der Waals surface area contributed by atoms with Gasteiger partial charge in [-0.15, -0.1) is 11.6 Å². The van der Waals surface area contributed by atoms with E-state index in [2.05, 4.69) is 19.6 Å². The molecular formula is C22H26ClFO4Si. The topological polar surface area (TPSA) is 44.8 Å². The highest BCUT2D eigenvalue weighted by Gasteiger charge is 2.35. The van der Waals surface area contributed by atoms with Gasteiger partial charge in [-0.1, -0.05) is 6.07 Å². The lowest BCUT2D eigenvalue weighted by Gasteiger charge is -2.29. The highest BCUT2D eigenvalue weighted by atomic mass is 35.5. The first-order valence-corrected chi connectivity index (χ1v) is 13.6. The number of hydrogen-bond donors (Lipinski definition) is 0. The van der Waals surface area contributed by atoms with E-state index in [4.69, 9.17) is 25.5 Å². The molecule has 0 saturated heterocycles. The number of rotatable bonds is 8. The summed E-state index contributed by atoms with van der Waals surface area (Å²) in [4.78, 5) is 12.8. The zero-order valence-electron chi connectivity index (χ0n) is 16.9. The van der Waals surface area contributed by atoms with Crippen molar-refractivity contribution in [3.05, 3.63) is 59.4 Å². The Bertz CT molecular complexity index is 851. The second-order valence-electron chi connectivity index (χ2n) is 8.05. The van der Waals surface area contributed by atoms with Crippen LogP contribution in [0.3, 0.4) is 0 Å². The fourth-order valence-corrected chi connectivity index (χ4v) is 4.23. The van der Waals surface area contributed by atoms with Crippen molar-refractivity contribution in [3.63, 3.8) is 0 Å². The fourth-order valence-electron chi connectivity index (χ4n) is 3.10. The third kappa shape index (κ3) is 5.81. The van der Waals surface area contributed by atoms with Crippen molar-refractivity contribution in [2.24, 2.45) is 5.92 Å². The molecule has 29 heavy (non-hydrogen) atoms. The summed E-state index contributed by atoms with van der Waals surface area (Å²) < 4.78 is 30.5. The van der Waals surface area contributed by atoms with Crippen LogP contribution in [0, 0.1) is 11.7 Å². The van der Waals surface area contributed by atoms with Gasteiger partial charge in [-0.2, -0.15) is 0 Å². The van der Waals surface area contributed by atoms with Crippen molar-refractivity contribution < 1.29 is 23.1 Å². The number of benzene rings is 2. The molecule has 156 valence electrons. The van der Waals surface area contributed by atoms with Gasteiger partial charge in [0.05, 0.1) is 17.9 Å². The van der Waals surface area contributed by atoms with E-state index in [0.717, 1.165) is 12.0 Å². The largest absolute Gasteiger partial charge is 0.493 e. The molecule has 2 aromatic carbocycles. The molecule has 0 radical (unpaired) electrons. The molecule has 2 aromatic rings. The van der Waals surface area contributed by atoms with Crippen LogP contribution in [0.1, 0.15) is 27.7 Å². The van der Waals surface area contributed by atoms with E-state index >= 15 is 0 Å². The molecule has 2 unspecified atom stereocenters. The molecule has 0 N–H and O–H groups in total. The molecule has 7 heteroatoms. The van der Waals surface area contributed by atoms with Gasteiger partial charge in [-0.25, -0.2) is 4.39 Å². The molecule has 0 spiro atoms. The van der Waals surface area contributed by atoms with Gasteiger partial charge in [0.1, 0.15) is 23.9 Å². The van der Waals surface area contributed by atoms with Crippen LogP contribution in [-0.2, 0) is 4.43 Å². The molecule has 0 amide bonds. The Hall–Kier alpha value is -1.89. The zero-order chi connectivity index (χ0) is 21.0. The summed E-state index contributed by atoms with van der Waals surface area (Å²) >= 11 is 6.60. The average Bonchev–Trinajstić information content (AvgIpc) is 2.67. The first-order chi connectivity index (χ1) is 13.7. The fraction of sp³-hybridized carbons (Fsp3) is 0.409. The lowest BCUT2D eigenvalue weighted by molar-refractivity contribution is 0.0849. The van der Waals surface area contributed by atoms with Crippen molar-refractivity contribution in [1.29, 1.82) is 0 Å². The Kier molecular flexibility index (Phi) is 6.98. The van der Waals surface area contributed by atoms with Crippen molar-refractivity contribution in [2.45, 2.75) is 31.4 Å². The van der Waals surface area contributed by atoms with E-state index in [0.29, 0.717) is 30.3 Å². The van der Waals surface area contributed by atoms with Crippen LogP contribution in [0.4, 0.5) is 4.39 Å². The van der Waals surface area contributed by atoms with Crippen molar-refractivity contribution in [1.82, 2.24) is 0 Å². The number of carbonyl (C=O) groups excluding carboxylic acids is 1. The van der Waals surface area contributed by atoms with Gasteiger partial charge < -0.3 is 13.9 Å². The number of ketones is 1. The molecule has 3 rings (SSSR count).